The summed E-state index contributed by atoms with van der Waals surface area (Å²) in [4.78, 5) is 63.0. The number of amides is 1. The first-order valence-electron chi connectivity index (χ1n) is 29.3. The molecular weight excluding hydrogens is 1000 g/mol. The number of nitrogen functional groups attached to an aromatic ring is 1. The average Bonchev–Trinajstić information content (AvgIpc) is 3.74. The lowest BCUT2D eigenvalue weighted by molar-refractivity contribution is -0.161. The average molecular weight is 1100 g/mol. The molecule has 1 aromatic carbocycles. The van der Waals surface area contributed by atoms with Crippen LogP contribution in [0.25, 0.3) is 11.2 Å². The van der Waals surface area contributed by atoms with Gasteiger partial charge in [-0.25, -0.2) is 4.79 Å². The Hall–Kier alpha value is -4.83. The minimum absolute atomic E-state index is 0.0130. The van der Waals surface area contributed by atoms with Crippen molar-refractivity contribution in [1.29, 1.82) is 0 Å². The normalized spacial score (nSPS) is 12.9. The third-order valence-electron chi connectivity index (χ3n) is 13.2. The number of esters is 2. The Balaban J connectivity index is 1.43. The van der Waals surface area contributed by atoms with Crippen molar-refractivity contribution in [3.05, 3.63) is 70.2 Å². The van der Waals surface area contributed by atoms with Gasteiger partial charge in [0, 0.05) is 38.2 Å². The highest BCUT2D eigenvalue weighted by Gasteiger charge is 2.27. The molecule has 0 saturated heterocycles. The van der Waals surface area contributed by atoms with Crippen molar-refractivity contribution in [2.24, 2.45) is 0 Å². The van der Waals surface area contributed by atoms with Crippen LogP contribution in [0.5, 0.6) is 6.01 Å². The maximum absolute atomic E-state index is 13.7. The fourth-order valence-corrected chi connectivity index (χ4v) is 9.77. The van der Waals surface area contributed by atoms with Gasteiger partial charge in [-0.05, 0) is 81.9 Å². The van der Waals surface area contributed by atoms with E-state index in [0.29, 0.717) is 30.6 Å². The Bertz CT molecular complexity index is 2230. The van der Waals surface area contributed by atoms with Gasteiger partial charge in [-0.2, -0.15) is 9.97 Å². The van der Waals surface area contributed by atoms with Gasteiger partial charge in [0.05, 0.1) is 26.4 Å². The summed E-state index contributed by atoms with van der Waals surface area (Å²) in [6, 6.07) is 6.69. The number of nitrogens with zero attached hydrogens (tertiary/aromatic N) is 3. The number of unbranched alkanes of at least 4 members (excludes halogenated alkanes) is 22. The molecule has 17 nitrogen and oxygen atoms in total. The SMILES string of the molecule is CCCCCCCC/C=C/CCCCCCCC(=O)OCC(COP(=O)(CC)OCCNC(=O)c1ccc(Cn2c(=O)[nH]c3c(N)nc(OCCOC)nc32)cc1)OC(=O)CCCCCCC/C=C/CCCCCCCC. The van der Waals surface area contributed by atoms with Crippen LogP contribution >= 0.6 is 7.60 Å². The molecule has 3 aromatic rings. The molecular formula is C59H97N6O11P. The summed E-state index contributed by atoms with van der Waals surface area (Å²) in [5, 5.41) is 2.77. The summed E-state index contributed by atoms with van der Waals surface area (Å²) in [6.07, 6.45) is 38.8. The Morgan fingerprint density at radius 2 is 1.21 bits per heavy atom. The second-order valence-electron chi connectivity index (χ2n) is 19.9. The molecule has 0 fully saturated rings. The molecule has 2 heterocycles. The number of allylic oxidation sites excluding steroid dienone is 4. The van der Waals surface area contributed by atoms with Crippen LogP contribution in [0.3, 0.4) is 0 Å². The van der Waals surface area contributed by atoms with E-state index in [0.717, 1.165) is 77.0 Å². The van der Waals surface area contributed by atoms with Crippen molar-refractivity contribution in [3.8, 4) is 6.01 Å². The van der Waals surface area contributed by atoms with E-state index in [1.807, 2.05) is 0 Å². The Labute approximate surface area is 460 Å². The van der Waals surface area contributed by atoms with Crippen molar-refractivity contribution >= 4 is 42.4 Å². The number of benzene rings is 1. The van der Waals surface area contributed by atoms with E-state index in [1.54, 1.807) is 38.3 Å². The molecule has 2 aromatic heterocycles. The molecule has 0 aliphatic carbocycles. The summed E-state index contributed by atoms with van der Waals surface area (Å²) in [6.45, 7) is 6.18. The van der Waals surface area contributed by atoms with E-state index in [9.17, 15) is 23.7 Å². The molecule has 2 atom stereocenters. The first-order chi connectivity index (χ1) is 37.5. The Morgan fingerprint density at radius 1 is 0.675 bits per heavy atom. The number of hydrogen-bond acceptors (Lipinski definition) is 14. The third kappa shape index (κ3) is 30.2. The summed E-state index contributed by atoms with van der Waals surface area (Å²) in [7, 11) is -2.16. The number of aromatic nitrogens is 4. The van der Waals surface area contributed by atoms with Gasteiger partial charge in [-0.3, -0.25) is 23.5 Å². The van der Waals surface area contributed by atoms with Gasteiger partial charge in [0.15, 0.2) is 17.6 Å². The lowest BCUT2D eigenvalue weighted by Crippen LogP contribution is -2.30. The van der Waals surface area contributed by atoms with Crippen molar-refractivity contribution in [1.82, 2.24) is 24.8 Å². The molecule has 77 heavy (non-hydrogen) atoms. The van der Waals surface area contributed by atoms with Gasteiger partial charge in [0.1, 0.15) is 18.7 Å². The maximum atomic E-state index is 13.7. The van der Waals surface area contributed by atoms with Crippen molar-refractivity contribution in [2.45, 2.75) is 213 Å². The largest absolute Gasteiger partial charge is 0.462 e. The number of methoxy groups -OCH3 is 1. The number of H-pyrrole nitrogens is 1. The van der Waals surface area contributed by atoms with Gasteiger partial charge >= 0.3 is 31.2 Å². The number of carbonyl (C=O) groups excluding carboxylic acids is 3. The van der Waals surface area contributed by atoms with Crippen LogP contribution in [-0.4, -0.2) is 96.3 Å². The molecule has 0 radical (unpaired) electrons. The molecule has 3 rings (SSSR count). The molecule has 0 aliphatic rings. The fourth-order valence-electron chi connectivity index (χ4n) is 8.57. The highest BCUT2D eigenvalue weighted by Crippen LogP contribution is 2.47. The molecule has 0 bridgehead atoms. The molecule has 0 spiro atoms. The lowest BCUT2D eigenvalue weighted by Gasteiger charge is -2.22. The molecule has 18 heteroatoms. The molecule has 4 N–H and O–H groups in total. The van der Waals surface area contributed by atoms with E-state index in [4.69, 9.17) is 33.7 Å². The van der Waals surface area contributed by atoms with Crippen molar-refractivity contribution < 1.29 is 46.9 Å². The van der Waals surface area contributed by atoms with Gasteiger partial charge in [-0.1, -0.05) is 160 Å². The Morgan fingerprint density at radius 3 is 1.75 bits per heavy atom. The maximum Gasteiger partial charge on any atom is 0.330 e. The third-order valence-corrected chi connectivity index (χ3v) is 15.1. The Kier molecular flexibility index (Phi) is 36.4. The van der Waals surface area contributed by atoms with Crippen LogP contribution in [0.15, 0.2) is 53.4 Å². The molecule has 2 unspecified atom stereocenters. The predicted molar refractivity (Wildman–Crippen MR) is 308 cm³/mol. The summed E-state index contributed by atoms with van der Waals surface area (Å²) in [5.74, 6) is -1.14. The number of anilines is 1. The lowest BCUT2D eigenvalue weighted by atomic mass is 10.1. The first kappa shape index (κ1) is 66.4. The summed E-state index contributed by atoms with van der Waals surface area (Å²) in [5.41, 5.74) is 7.26. The van der Waals surface area contributed by atoms with E-state index < -0.39 is 31.3 Å². The van der Waals surface area contributed by atoms with Gasteiger partial charge in [0.2, 0.25) is 0 Å². The second-order valence-corrected chi connectivity index (χ2v) is 22.3. The van der Waals surface area contributed by atoms with Crippen LogP contribution in [0.1, 0.15) is 216 Å². The number of rotatable bonds is 48. The number of aromatic amines is 1. The monoisotopic (exact) mass is 1100 g/mol. The number of imidazole rings is 1. The van der Waals surface area contributed by atoms with Gasteiger partial charge < -0.3 is 44.0 Å². The topological polar surface area (TPSA) is 225 Å². The minimum Gasteiger partial charge on any atom is -0.462 e. The van der Waals surface area contributed by atoms with Gasteiger partial charge in [-0.15, -0.1) is 0 Å². The number of carbonyl (C=O) groups is 3. The van der Waals surface area contributed by atoms with Crippen LogP contribution in [0, 0.1) is 0 Å². The van der Waals surface area contributed by atoms with Gasteiger partial charge in [0.25, 0.3) is 5.91 Å². The van der Waals surface area contributed by atoms with Crippen molar-refractivity contribution in [3.63, 3.8) is 0 Å². The highest BCUT2D eigenvalue weighted by molar-refractivity contribution is 7.53. The fraction of sp³-hybridized carbons (Fsp3) is 0.695. The molecule has 0 saturated carbocycles. The highest BCUT2D eigenvalue weighted by atomic mass is 31.2. The number of hydrogen-bond donors (Lipinski definition) is 3. The van der Waals surface area contributed by atoms with Crippen LogP contribution in [0.4, 0.5) is 5.82 Å². The summed E-state index contributed by atoms with van der Waals surface area (Å²) >= 11 is 0. The zero-order chi connectivity index (χ0) is 55.6. The first-order valence-corrected chi connectivity index (χ1v) is 31.0. The van der Waals surface area contributed by atoms with Crippen LogP contribution in [0.2, 0.25) is 0 Å². The number of ether oxygens (including phenoxy) is 4. The van der Waals surface area contributed by atoms with E-state index in [2.05, 4.69) is 58.4 Å². The second kappa shape index (κ2) is 42.2. The smallest absolute Gasteiger partial charge is 0.330 e. The number of fused-ring (bicyclic) bond motifs is 1. The number of nitrogens with one attached hydrogen (secondary N) is 2. The molecule has 0 aliphatic heterocycles. The number of nitrogens with two attached hydrogens (primary N) is 1. The predicted octanol–water partition coefficient (Wildman–Crippen LogP) is 13.3. The molecule has 1 amide bonds. The standard InChI is InChI=1S/C59H97N6O11P/c1-5-8-10-12-14-16-18-20-22-24-26-28-30-32-34-36-52(66)73-47-51(76-53(67)37-35-33-31-29-27-25-23-21-19-17-15-13-11-9-6-2)48-75-77(70,7-3)74-43-42-61-57(68)50-40-38-49(39-41-50)46-65-56-54(62-59(65)69)55(60)63-58(64-56)72-45-44-71-4/h20-23,38-41,51H,5-19,24-37,42-48H2,1-4H3,(H,61,68)(H,62,69)(H2,60,63,64)/b22-20+,23-21+. The summed E-state index contributed by atoms with van der Waals surface area (Å²) < 4.78 is 48.5. The van der Waals surface area contributed by atoms with E-state index in [1.165, 1.54) is 81.6 Å². The van der Waals surface area contributed by atoms with E-state index in [-0.39, 0.29) is 87.5 Å². The van der Waals surface area contributed by atoms with E-state index >= 15 is 0 Å². The zero-order valence-electron chi connectivity index (χ0n) is 47.5. The quantitative estimate of drug-likeness (QED) is 0.0207. The van der Waals surface area contributed by atoms with Crippen molar-refractivity contribution in [2.75, 3.05) is 58.6 Å². The van der Waals surface area contributed by atoms with Crippen LogP contribution in [-0.2, 0) is 44.0 Å². The van der Waals surface area contributed by atoms with Crippen LogP contribution < -0.4 is 21.5 Å². The zero-order valence-corrected chi connectivity index (χ0v) is 48.4. The molecule has 434 valence electrons. The minimum atomic E-state index is -3.70.